The van der Waals surface area contributed by atoms with Crippen molar-refractivity contribution < 1.29 is 14.5 Å². The largest absolute Gasteiger partial charge is 0.360 e. The van der Waals surface area contributed by atoms with Gasteiger partial charge in [0.1, 0.15) is 5.69 Å². The summed E-state index contributed by atoms with van der Waals surface area (Å²) in [5, 5.41) is 14.0. The van der Waals surface area contributed by atoms with Crippen LogP contribution in [0.1, 0.15) is 25.7 Å². The summed E-state index contributed by atoms with van der Waals surface area (Å²) in [5.74, 6) is -0.221. The second-order valence-corrected chi connectivity index (χ2v) is 6.68. The molecule has 1 heterocycles. The van der Waals surface area contributed by atoms with Gasteiger partial charge in [0.05, 0.1) is 11.5 Å². The molecular formula is C18H27N5O4. The number of benzene rings is 1. The van der Waals surface area contributed by atoms with Crippen LogP contribution < -0.4 is 16.0 Å². The number of likely N-dealkylation sites (N-methyl/N-ethyl adjacent to an activating group) is 1. The van der Waals surface area contributed by atoms with Crippen molar-refractivity contribution in [3.63, 3.8) is 0 Å². The Kier molecular flexibility index (Phi) is 7.54. The summed E-state index contributed by atoms with van der Waals surface area (Å²) in [5.41, 5.74) is 5.75. The van der Waals surface area contributed by atoms with E-state index in [0.29, 0.717) is 25.3 Å². The van der Waals surface area contributed by atoms with Crippen molar-refractivity contribution in [3.8, 4) is 0 Å². The lowest BCUT2D eigenvalue weighted by atomic mass is 10.0. The maximum atomic E-state index is 12.8. The van der Waals surface area contributed by atoms with Crippen molar-refractivity contribution >= 4 is 23.2 Å². The van der Waals surface area contributed by atoms with Gasteiger partial charge in [0.15, 0.2) is 0 Å². The third-order valence-electron chi connectivity index (χ3n) is 4.72. The lowest BCUT2D eigenvalue weighted by molar-refractivity contribution is -0.384. The summed E-state index contributed by atoms with van der Waals surface area (Å²) in [7, 11) is 1.67. The first-order valence-corrected chi connectivity index (χ1v) is 9.14. The highest BCUT2D eigenvalue weighted by atomic mass is 16.6. The van der Waals surface area contributed by atoms with Gasteiger partial charge in [-0.15, -0.1) is 0 Å². The Bertz CT molecular complexity index is 681. The molecule has 1 atom stereocenters. The van der Waals surface area contributed by atoms with Crippen LogP contribution in [0, 0.1) is 10.1 Å². The number of nitro groups is 1. The molecule has 1 aliphatic heterocycles. The molecule has 0 aliphatic carbocycles. The number of amides is 2. The molecule has 1 aromatic carbocycles. The molecule has 0 bridgehead atoms. The molecule has 2 rings (SSSR count). The van der Waals surface area contributed by atoms with Gasteiger partial charge in [-0.2, -0.15) is 0 Å². The topological polar surface area (TPSA) is 122 Å². The lowest BCUT2D eigenvalue weighted by Gasteiger charge is -2.37. The smallest absolute Gasteiger partial charge is 0.292 e. The predicted octanol–water partition coefficient (Wildman–Crippen LogP) is 0.877. The van der Waals surface area contributed by atoms with Crippen LogP contribution in [-0.4, -0.2) is 60.9 Å². The maximum Gasteiger partial charge on any atom is 0.292 e. The van der Waals surface area contributed by atoms with E-state index in [0.717, 1.165) is 19.3 Å². The van der Waals surface area contributed by atoms with Crippen molar-refractivity contribution in [2.24, 2.45) is 5.73 Å². The number of hydrogen-bond donors (Lipinski definition) is 2. The van der Waals surface area contributed by atoms with Crippen LogP contribution in [-0.2, 0) is 9.59 Å². The molecule has 0 aromatic heterocycles. The predicted molar refractivity (Wildman–Crippen MR) is 102 cm³/mol. The fourth-order valence-electron chi connectivity index (χ4n) is 3.31. The van der Waals surface area contributed by atoms with E-state index < -0.39 is 4.92 Å². The SMILES string of the molecule is CN(CC(=O)N1CCCCC1CNC(=O)CCN)c1ccccc1[N+](=O)[O-]. The number of carbonyl (C=O) groups excluding carboxylic acids is 2. The van der Waals surface area contributed by atoms with Gasteiger partial charge in [0, 0.05) is 45.2 Å². The highest BCUT2D eigenvalue weighted by molar-refractivity contribution is 5.83. The molecule has 1 saturated heterocycles. The van der Waals surface area contributed by atoms with Gasteiger partial charge in [-0.05, 0) is 25.3 Å². The summed E-state index contributed by atoms with van der Waals surface area (Å²) < 4.78 is 0. The number of anilines is 1. The number of likely N-dealkylation sites (tertiary alicyclic amines) is 1. The Morgan fingerprint density at radius 1 is 1.37 bits per heavy atom. The van der Waals surface area contributed by atoms with E-state index in [1.54, 1.807) is 35.0 Å². The lowest BCUT2D eigenvalue weighted by Crippen LogP contribution is -2.52. The van der Waals surface area contributed by atoms with E-state index in [2.05, 4.69) is 5.32 Å². The second-order valence-electron chi connectivity index (χ2n) is 6.68. The second kappa shape index (κ2) is 9.86. The summed E-state index contributed by atoms with van der Waals surface area (Å²) >= 11 is 0. The molecule has 148 valence electrons. The first kappa shape index (κ1) is 20.6. The Balaban J connectivity index is 2.02. The summed E-state index contributed by atoms with van der Waals surface area (Å²) in [6.07, 6.45) is 3.00. The van der Waals surface area contributed by atoms with Crippen LogP contribution in [0.2, 0.25) is 0 Å². The van der Waals surface area contributed by atoms with Gasteiger partial charge < -0.3 is 20.9 Å². The molecule has 1 fully saturated rings. The van der Waals surface area contributed by atoms with E-state index in [-0.39, 0.29) is 36.5 Å². The average molecular weight is 377 g/mol. The Morgan fingerprint density at radius 2 is 2.11 bits per heavy atom. The zero-order valence-electron chi connectivity index (χ0n) is 15.6. The van der Waals surface area contributed by atoms with Crippen LogP contribution in [0.4, 0.5) is 11.4 Å². The number of hydrogen-bond acceptors (Lipinski definition) is 6. The van der Waals surface area contributed by atoms with Crippen LogP contribution in [0.5, 0.6) is 0 Å². The molecule has 9 heteroatoms. The minimum absolute atomic E-state index is 0.0305. The zero-order chi connectivity index (χ0) is 19.8. The molecule has 0 radical (unpaired) electrons. The summed E-state index contributed by atoms with van der Waals surface area (Å²) in [6, 6.07) is 6.30. The third kappa shape index (κ3) is 5.65. The standard InChI is InChI=1S/C18H27N5O4/c1-21(15-7-2-3-8-16(15)23(26)27)13-18(25)22-11-5-4-6-14(22)12-20-17(24)9-10-19/h2-3,7-8,14H,4-6,9-13,19H2,1H3,(H,20,24). The fraction of sp³-hybridized carbons (Fsp3) is 0.556. The fourth-order valence-corrected chi connectivity index (χ4v) is 3.31. The van der Waals surface area contributed by atoms with Gasteiger partial charge in [0.25, 0.3) is 5.69 Å². The van der Waals surface area contributed by atoms with Gasteiger partial charge in [-0.3, -0.25) is 19.7 Å². The van der Waals surface area contributed by atoms with E-state index in [1.165, 1.54) is 6.07 Å². The minimum Gasteiger partial charge on any atom is -0.360 e. The van der Waals surface area contributed by atoms with Crippen LogP contribution in [0.15, 0.2) is 24.3 Å². The Morgan fingerprint density at radius 3 is 2.81 bits per heavy atom. The number of nitro benzene ring substituents is 1. The van der Waals surface area contributed by atoms with Gasteiger partial charge in [-0.1, -0.05) is 12.1 Å². The van der Waals surface area contributed by atoms with Gasteiger partial charge >= 0.3 is 0 Å². The van der Waals surface area contributed by atoms with Crippen molar-refractivity contribution in [1.29, 1.82) is 0 Å². The highest BCUT2D eigenvalue weighted by Crippen LogP contribution is 2.27. The number of nitrogens with two attached hydrogens (primary N) is 1. The van der Waals surface area contributed by atoms with Crippen LogP contribution in [0.3, 0.4) is 0 Å². The van der Waals surface area contributed by atoms with Crippen LogP contribution in [0.25, 0.3) is 0 Å². The number of nitrogens with one attached hydrogen (secondary N) is 1. The Labute approximate surface area is 158 Å². The summed E-state index contributed by atoms with van der Waals surface area (Å²) in [6.45, 7) is 1.36. The van der Waals surface area contributed by atoms with Gasteiger partial charge in [-0.25, -0.2) is 0 Å². The van der Waals surface area contributed by atoms with Crippen LogP contribution >= 0.6 is 0 Å². The van der Waals surface area contributed by atoms with Crippen molar-refractivity contribution in [1.82, 2.24) is 10.2 Å². The van der Waals surface area contributed by atoms with Crippen molar-refractivity contribution in [3.05, 3.63) is 34.4 Å². The Hall–Kier alpha value is -2.68. The first-order valence-electron chi connectivity index (χ1n) is 9.14. The molecule has 1 aliphatic rings. The number of piperidine rings is 1. The zero-order valence-corrected chi connectivity index (χ0v) is 15.6. The molecular weight excluding hydrogens is 350 g/mol. The number of carbonyl (C=O) groups is 2. The van der Waals surface area contributed by atoms with Gasteiger partial charge in [0.2, 0.25) is 11.8 Å². The van der Waals surface area contributed by atoms with E-state index in [1.807, 2.05) is 0 Å². The molecule has 9 nitrogen and oxygen atoms in total. The van der Waals surface area contributed by atoms with Crippen molar-refractivity contribution in [2.45, 2.75) is 31.7 Å². The molecule has 1 aromatic rings. The molecule has 2 amide bonds. The third-order valence-corrected chi connectivity index (χ3v) is 4.72. The highest BCUT2D eigenvalue weighted by Gasteiger charge is 2.28. The number of para-hydroxylation sites is 2. The minimum atomic E-state index is -0.451. The number of nitrogens with zero attached hydrogens (tertiary/aromatic N) is 3. The maximum absolute atomic E-state index is 12.8. The molecule has 3 N–H and O–H groups in total. The molecule has 27 heavy (non-hydrogen) atoms. The normalized spacial score (nSPS) is 16.7. The van der Waals surface area contributed by atoms with E-state index in [4.69, 9.17) is 5.73 Å². The average Bonchev–Trinajstić information content (AvgIpc) is 2.66. The monoisotopic (exact) mass is 377 g/mol. The molecule has 1 unspecified atom stereocenters. The molecule has 0 saturated carbocycles. The van der Waals surface area contributed by atoms with E-state index >= 15 is 0 Å². The molecule has 0 spiro atoms. The number of rotatable bonds is 8. The quantitative estimate of drug-likeness (QED) is 0.512. The van der Waals surface area contributed by atoms with E-state index in [9.17, 15) is 19.7 Å². The summed E-state index contributed by atoms with van der Waals surface area (Å²) in [4.78, 5) is 38.6. The first-order chi connectivity index (χ1) is 12.9. The van der Waals surface area contributed by atoms with Crippen molar-refractivity contribution in [2.75, 3.05) is 38.1 Å².